The fraction of sp³-hybridized carbons (Fsp3) is 0.837. The summed E-state index contributed by atoms with van der Waals surface area (Å²) >= 11 is 0. The largest absolute Gasteiger partial charge is 0.472 e. The molecular weight excluding hydrogens is 1800 g/mol. The number of likely N-dealkylation sites (tertiary alicyclic amines) is 1. The SMILES string of the molecule is C=C=CCOP(=O)(O)OC[C@@H]1C[C@@H](O)CN1C(=O)CCCCCCCCCCCCC(=O)N[C@@H]1O[C@H](COCCC(=O)NCCCNC(=O)CCCCO[C@@H]2O[C@H](CO)[C@H](O)[C@H](O)[C@H]2NC(C)=O)[C@@H](OCCC(=O)NCCCNC(=O)CCCCO[C@@H]2O[C@H](CO)[C@H](O)[C@H](O)[C@H]2NC(C)=O)[C@H](OCCC(=O)NCCCNC(=O)CCCCO[C@@H]2O[C@H](CO)[C@H](O)[C@H](O)[C@H]2NC(C)=O)[C@H]1F. The van der Waals surface area contributed by atoms with E-state index in [1.807, 2.05) is 0 Å². The molecule has 11 amide bonds. The number of halogens is 1. The number of nitrogens with zero attached hydrogens (tertiary/aromatic N) is 1. The molecule has 5 saturated heterocycles. The number of β-amino-alcohol motifs (C(OH)–C–C–N with tert-alkyl or cyclic N) is 1. The summed E-state index contributed by atoms with van der Waals surface area (Å²) in [4.78, 5) is 152. The Balaban J connectivity index is 1.14. The first kappa shape index (κ1) is 117. The standard InChI is InChI=1S/C86H149FN11O35P/c1-5-6-43-128-134(120,121)129-52-57-47-58(105)48-98(57)70(113)30-16-14-12-10-8-7-9-11-13-15-29-69(112)97-83-71(87)82(124-46-33-68(111)93-39-25-36-90-65(108)28-19-22-42-127-86-74(96-56(4)104)80(119)77(116)61(51-101)133-86)81(123-45-32-67(110)92-38-24-35-89-64(107)27-18-21-41-126-85-73(95-55(3)103)79(118)76(115)60(50-100)132-85)62(130-83)53-122-44-31-66(109)91-37-23-34-88-63(106)26-17-20-40-125-84-72(94-54(2)102)78(117)75(114)59(49-99)131-84/h6,57-62,71-86,99-101,105,114-119H,1,7-53H2,2-4H3,(H,88,106)(H,89,107)(H,90,108)(H,91,109)(H,92,110)(H,93,111)(H,94,102)(H,95,103)(H,96,104)(H,97,112)(H,120,121)/t57-,58+,59+,60+,61+,62+,71+,72+,73+,74+,75-,76-,77-,78+,79+,80+,81+,82+,83+,84+,85+,86+/m0/s1. The lowest BCUT2D eigenvalue weighted by molar-refractivity contribution is -0.270. The molecule has 5 fully saturated rings. The van der Waals surface area contributed by atoms with Crippen LogP contribution in [0.15, 0.2) is 18.4 Å². The van der Waals surface area contributed by atoms with Crippen LogP contribution in [0, 0.1) is 0 Å². The molecule has 5 aliphatic heterocycles. The Morgan fingerprint density at radius 1 is 0.410 bits per heavy atom. The van der Waals surface area contributed by atoms with Crippen LogP contribution in [-0.4, -0.2) is 386 Å². The number of aliphatic hydroxyl groups excluding tert-OH is 10. The average molecular weight is 1950 g/mol. The van der Waals surface area contributed by atoms with Gasteiger partial charge in [0.15, 0.2) is 31.3 Å². The fourth-order valence-corrected chi connectivity index (χ4v) is 16.1. The van der Waals surface area contributed by atoms with Gasteiger partial charge in [0.1, 0.15) is 91.4 Å². The van der Waals surface area contributed by atoms with Crippen LogP contribution < -0.4 is 53.2 Å². The Labute approximate surface area is 780 Å². The highest BCUT2D eigenvalue weighted by atomic mass is 31.2. The van der Waals surface area contributed by atoms with E-state index in [2.05, 4.69) is 65.5 Å². The first-order chi connectivity index (χ1) is 64.2. The molecule has 48 heteroatoms. The zero-order chi connectivity index (χ0) is 98.3. The van der Waals surface area contributed by atoms with Gasteiger partial charge < -0.3 is 161 Å². The summed E-state index contributed by atoms with van der Waals surface area (Å²) in [5, 5.41) is 128. The van der Waals surface area contributed by atoms with Crippen molar-refractivity contribution in [1.29, 1.82) is 0 Å². The minimum absolute atomic E-state index is 0.0121. The third-order valence-corrected chi connectivity index (χ3v) is 23.5. The second-order valence-electron chi connectivity index (χ2n) is 33.6. The van der Waals surface area contributed by atoms with Gasteiger partial charge in [-0.15, -0.1) is 5.73 Å². The number of hydrogen-bond acceptors (Lipinski definition) is 34. The van der Waals surface area contributed by atoms with Gasteiger partial charge in [0, 0.05) is 138 Å². The van der Waals surface area contributed by atoms with Crippen LogP contribution in [0.5, 0.6) is 0 Å². The van der Waals surface area contributed by atoms with Gasteiger partial charge in [-0.2, -0.15) is 0 Å². The number of amides is 11. The maximum atomic E-state index is 17.3. The molecule has 0 saturated carbocycles. The number of phosphoric acid groups is 1. The minimum atomic E-state index is -4.41. The number of alkyl halides is 1. The van der Waals surface area contributed by atoms with E-state index in [0.29, 0.717) is 77.0 Å². The van der Waals surface area contributed by atoms with Crippen molar-refractivity contribution in [3.63, 3.8) is 0 Å². The second kappa shape index (κ2) is 66.5. The van der Waals surface area contributed by atoms with E-state index >= 15 is 4.39 Å². The summed E-state index contributed by atoms with van der Waals surface area (Å²) in [6, 6.07) is -3.96. The molecule has 1 unspecified atom stereocenters. The van der Waals surface area contributed by atoms with Crippen molar-refractivity contribution in [3.8, 4) is 0 Å². The predicted molar refractivity (Wildman–Crippen MR) is 470 cm³/mol. The Bertz CT molecular complexity index is 3580. The summed E-state index contributed by atoms with van der Waals surface area (Å²) < 4.78 is 98.1. The van der Waals surface area contributed by atoms with Crippen molar-refractivity contribution < 1.29 is 174 Å². The maximum Gasteiger partial charge on any atom is 0.472 e. The molecule has 0 bridgehead atoms. The number of unbranched alkanes of at least 4 members (excludes halogenated alkanes) is 12. The number of rotatable bonds is 69. The van der Waals surface area contributed by atoms with Gasteiger partial charge in [-0.1, -0.05) is 57.9 Å². The zero-order valence-electron chi connectivity index (χ0n) is 77.2. The maximum absolute atomic E-state index is 17.3. The van der Waals surface area contributed by atoms with Crippen molar-refractivity contribution in [2.45, 2.75) is 335 Å². The van der Waals surface area contributed by atoms with Crippen molar-refractivity contribution in [1.82, 2.24) is 58.1 Å². The highest BCUT2D eigenvalue weighted by Crippen LogP contribution is 2.44. The number of carbonyl (C=O) groups is 11. The molecule has 0 radical (unpaired) electrons. The predicted octanol–water partition coefficient (Wildman–Crippen LogP) is -3.50. The summed E-state index contributed by atoms with van der Waals surface area (Å²) in [6.07, 6.45) is -12.5. The molecule has 0 aliphatic carbocycles. The van der Waals surface area contributed by atoms with Gasteiger partial charge in [-0.3, -0.25) is 61.8 Å². The fourth-order valence-electron chi connectivity index (χ4n) is 15.4. The van der Waals surface area contributed by atoms with E-state index in [4.69, 9.17) is 56.4 Å². The molecule has 46 nitrogen and oxygen atoms in total. The second-order valence-corrected chi connectivity index (χ2v) is 35.1. The van der Waals surface area contributed by atoms with Gasteiger partial charge in [0.05, 0.1) is 71.6 Å². The van der Waals surface area contributed by atoms with Crippen LogP contribution in [0.1, 0.15) is 201 Å². The lowest BCUT2D eigenvalue weighted by Crippen LogP contribution is -2.64. The van der Waals surface area contributed by atoms with Crippen LogP contribution in [0.25, 0.3) is 0 Å². The van der Waals surface area contributed by atoms with E-state index in [1.165, 1.54) is 31.7 Å². The number of hydrogen-bond donors (Lipinski definition) is 21. The summed E-state index contributed by atoms with van der Waals surface area (Å²) in [7, 11) is -4.41. The topological polar surface area (TPSA) is 662 Å². The molecule has 21 N–H and O–H groups in total. The van der Waals surface area contributed by atoms with Crippen molar-refractivity contribution in [2.24, 2.45) is 0 Å². The van der Waals surface area contributed by atoms with Crippen LogP contribution in [0.3, 0.4) is 0 Å². The summed E-state index contributed by atoms with van der Waals surface area (Å²) in [6.45, 7) is 4.48. The number of ether oxygens (including phenoxy) is 10. The molecule has 23 atom stereocenters. The Morgan fingerprint density at radius 3 is 1.14 bits per heavy atom. The minimum Gasteiger partial charge on any atom is -0.394 e. The highest BCUT2D eigenvalue weighted by Gasteiger charge is 2.51. The molecule has 770 valence electrons. The molecule has 5 heterocycles. The summed E-state index contributed by atoms with van der Waals surface area (Å²) in [5.74, 6) is -4.59. The van der Waals surface area contributed by atoms with Gasteiger partial charge in [-0.05, 0) is 83.1 Å². The first-order valence-electron chi connectivity index (χ1n) is 46.7. The van der Waals surface area contributed by atoms with Gasteiger partial charge in [0.2, 0.25) is 65.0 Å². The third-order valence-electron chi connectivity index (χ3n) is 22.6. The number of aliphatic hydroxyl groups is 10. The molecule has 0 aromatic heterocycles. The molecule has 5 aliphatic rings. The van der Waals surface area contributed by atoms with Crippen molar-refractivity contribution >= 4 is 72.8 Å². The van der Waals surface area contributed by atoms with Crippen LogP contribution >= 0.6 is 7.82 Å². The van der Waals surface area contributed by atoms with E-state index in [1.54, 1.807) is 0 Å². The monoisotopic (exact) mass is 1950 g/mol. The Kier molecular flexibility index (Phi) is 58.3. The zero-order valence-corrected chi connectivity index (χ0v) is 78.1. The molecular formula is C86H149FN11O35P. The van der Waals surface area contributed by atoms with Crippen LogP contribution in [0.2, 0.25) is 0 Å². The molecule has 0 spiro atoms. The Morgan fingerprint density at radius 2 is 0.761 bits per heavy atom. The van der Waals surface area contributed by atoms with Gasteiger partial charge in [0.25, 0.3) is 0 Å². The van der Waals surface area contributed by atoms with Crippen molar-refractivity contribution in [2.75, 3.05) is 125 Å². The highest BCUT2D eigenvalue weighted by molar-refractivity contribution is 7.47. The molecule has 5 rings (SSSR count). The van der Waals surface area contributed by atoms with Gasteiger partial charge >= 0.3 is 7.82 Å². The van der Waals surface area contributed by atoms with E-state index in [0.717, 1.165) is 44.9 Å². The van der Waals surface area contributed by atoms with Crippen LogP contribution in [0.4, 0.5) is 4.39 Å². The third kappa shape index (κ3) is 45.7. The quantitative estimate of drug-likeness (QED) is 0.0160. The van der Waals surface area contributed by atoms with Crippen molar-refractivity contribution in [3.05, 3.63) is 18.4 Å². The van der Waals surface area contributed by atoms with E-state index in [-0.39, 0.29) is 180 Å². The van der Waals surface area contributed by atoms with E-state index < -0.39 is 210 Å². The molecule has 0 aromatic carbocycles. The first-order valence-corrected chi connectivity index (χ1v) is 48.2. The normalized spacial score (nSPS) is 27.2. The van der Waals surface area contributed by atoms with Gasteiger partial charge in [-0.25, -0.2) is 8.96 Å². The number of nitrogens with one attached hydrogen (secondary N) is 10. The summed E-state index contributed by atoms with van der Waals surface area (Å²) in [5.41, 5.74) is 2.42. The molecule has 0 aromatic rings. The average Bonchev–Trinajstić information content (AvgIpc) is 0.967. The molecule has 134 heavy (non-hydrogen) atoms. The number of phosphoric ester groups is 1. The Hall–Kier alpha value is -7.07. The smallest absolute Gasteiger partial charge is 0.394 e. The lowest BCUT2D eigenvalue weighted by atomic mass is 9.97. The van der Waals surface area contributed by atoms with Crippen LogP contribution in [-0.2, 0) is 114 Å². The van der Waals surface area contributed by atoms with E-state index in [9.17, 15) is 113 Å². The number of carbonyl (C=O) groups excluding carboxylic acids is 11. The lowest BCUT2D eigenvalue weighted by Gasteiger charge is -2.43.